The van der Waals surface area contributed by atoms with Gasteiger partial charge in [-0.2, -0.15) is 0 Å². The van der Waals surface area contributed by atoms with Crippen molar-refractivity contribution in [3.05, 3.63) is 35.9 Å². The SMILES string of the molecule is CCCC(=O)O[C@H](C(=O)NC(=O)NCC)c1ccccc1. The Hall–Kier alpha value is -2.37. The largest absolute Gasteiger partial charge is 0.447 e. The van der Waals surface area contributed by atoms with Gasteiger partial charge in [0.05, 0.1) is 0 Å². The van der Waals surface area contributed by atoms with E-state index in [1.165, 1.54) is 0 Å². The van der Waals surface area contributed by atoms with E-state index in [9.17, 15) is 14.4 Å². The third-order valence-corrected chi connectivity index (χ3v) is 2.62. The van der Waals surface area contributed by atoms with Gasteiger partial charge in [0, 0.05) is 18.5 Å². The quantitative estimate of drug-likeness (QED) is 0.784. The summed E-state index contributed by atoms with van der Waals surface area (Å²) in [6.45, 7) is 3.97. The monoisotopic (exact) mass is 292 g/mol. The van der Waals surface area contributed by atoms with Crippen molar-refractivity contribution in [1.29, 1.82) is 0 Å². The summed E-state index contributed by atoms with van der Waals surface area (Å²) in [6, 6.07) is 7.97. The standard InChI is InChI=1S/C15H20N2O4/c1-3-8-12(18)21-13(11-9-6-5-7-10-11)14(19)17-15(20)16-4-2/h5-7,9-10,13H,3-4,8H2,1-2H3,(H2,16,17,19,20)/t13-/m0/s1. The Bertz CT molecular complexity index is 488. The molecule has 0 spiro atoms. The number of nitrogens with one attached hydrogen (secondary N) is 2. The number of urea groups is 1. The van der Waals surface area contributed by atoms with Crippen LogP contribution in [0.3, 0.4) is 0 Å². The van der Waals surface area contributed by atoms with Gasteiger partial charge in [0.1, 0.15) is 0 Å². The van der Waals surface area contributed by atoms with Crippen LogP contribution in [0.5, 0.6) is 0 Å². The molecule has 0 radical (unpaired) electrons. The zero-order valence-corrected chi connectivity index (χ0v) is 12.2. The van der Waals surface area contributed by atoms with Crippen molar-refractivity contribution in [2.24, 2.45) is 0 Å². The highest BCUT2D eigenvalue weighted by Crippen LogP contribution is 2.18. The first-order chi connectivity index (χ1) is 10.1. The number of ether oxygens (including phenoxy) is 1. The molecule has 0 aromatic heterocycles. The van der Waals surface area contributed by atoms with Crippen LogP contribution in [-0.2, 0) is 14.3 Å². The first-order valence-corrected chi connectivity index (χ1v) is 6.91. The van der Waals surface area contributed by atoms with Crippen molar-refractivity contribution in [3.63, 3.8) is 0 Å². The Labute approximate surface area is 123 Å². The fourth-order valence-corrected chi connectivity index (χ4v) is 1.68. The van der Waals surface area contributed by atoms with Crippen LogP contribution < -0.4 is 10.6 Å². The van der Waals surface area contributed by atoms with Crippen LogP contribution in [0.4, 0.5) is 4.79 Å². The van der Waals surface area contributed by atoms with Gasteiger partial charge in [-0.05, 0) is 13.3 Å². The van der Waals surface area contributed by atoms with E-state index in [2.05, 4.69) is 10.6 Å². The van der Waals surface area contributed by atoms with Crippen LogP contribution >= 0.6 is 0 Å². The summed E-state index contributed by atoms with van der Waals surface area (Å²) < 4.78 is 5.19. The van der Waals surface area contributed by atoms with Crippen molar-refractivity contribution in [1.82, 2.24) is 10.6 Å². The van der Waals surface area contributed by atoms with E-state index in [4.69, 9.17) is 4.74 Å². The van der Waals surface area contributed by atoms with Crippen LogP contribution in [0.25, 0.3) is 0 Å². The van der Waals surface area contributed by atoms with E-state index in [1.807, 2.05) is 6.92 Å². The topological polar surface area (TPSA) is 84.5 Å². The first kappa shape index (κ1) is 16.7. The summed E-state index contributed by atoms with van der Waals surface area (Å²) in [6.07, 6.45) is -0.288. The van der Waals surface area contributed by atoms with Gasteiger partial charge >= 0.3 is 12.0 Å². The number of amides is 3. The molecular weight excluding hydrogens is 272 g/mol. The molecule has 3 amide bonds. The van der Waals surface area contributed by atoms with Crippen LogP contribution in [0.15, 0.2) is 30.3 Å². The first-order valence-electron chi connectivity index (χ1n) is 6.91. The summed E-state index contributed by atoms with van der Waals surface area (Å²) in [7, 11) is 0. The maximum atomic E-state index is 12.1. The molecule has 0 bridgehead atoms. The third-order valence-electron chi connectivity index (χ3n) is 2.62. The molecule has 114 valence electrons. The van der Waals surface area contributed by atoms with Gasteiger partial charge in [-0.3, -0.25) is 14.9 Å². The van der Waals surface area contributed by atoms with Crippen molar-refractivity contribution in [3.8, 4) is 0 Å². The van der Waals surface area contributed by atoms with Gasteiger partial charge in [0.15, 0.2) is 0 Å². The summed E-state index contributed by atoms with van der Waals surface area (Å²) in [5, 5.41) is 4.61. The van der Waals surface area contributed by atoms with Crippen molar-refractivity contribution in [2.75, 3.05) is 6.54 Å². The summed E-state index contributed by atoms with van der Waals surface area (Å²) in [4.78, 5) is 35.2. The van der Waals surface area contributed by atoms with Crippen molar-refractivity contribution in [2.45, 2.75) is 32.8 Å². The molecule has 0 saturated heterocycles. The van der Waals surface area contributed by atoms with E-state index in [0.717, 1.165) is 0 Å². The maximum Gasteiger partial charge on any atom is 0.321 e. The van der Waals surface area contributed by atoms with Crippen LogP contribution in [0.1, 0.15) is 38.4 Å². The molecule has 1 aromatic rings. The van der Waals surface area contributed by atoms with Gasteiger partial charge in [0.25, 0.3) is 5.91 Å². The zero-order valence-electron chi connectivity index (χ0n) is 12.2. The third kappa shape index (κ3) is 5.64. The summed E-state index contributed by atoms with van der Waals surface area (Å²) in [5.41, 5.74) is 0.517. The molecule has 0 aliphatic heterocycles. The van der Waals surface area contributed by atoms with Gasteiger partial charge in [-0.25, -0.2) is 4.79 Å². The van der Waals surface area contributed by atoms with E-state index < -0.39 is 24.0 Å². The molecule has 21 heavy (non-hydrogen) atoms. The lowest BCUT2D eigenvalue weighted by atomic mass is 10.1. The van der Waals surface area contributed by atoms with Gasteiger partial charge in [-0.1, -0.05) is 37.3 Å². The number of carbonyl (C=O) groups excluding carboxylic acids is 3. The highest BCUT2D eigenvalue weighted by molar-refractivity contribution is 5.97. The molecule has 0 heterocycles. The second-order valence-electron chi connectivity index (χ2n) is 4.38. The molecule has 1 aromatic carbocycles. The van der Waals surface area contributed by atoms with Crippen LogP contribution in [0, 0.1) is 0 Å². The number of esters is 1. The second-order valence-corrected chi connectivity index (χ2v) is 4.38. The maximum absolute atomic E-state index is 12.1. The minimum absolute atomic E-state index is 0.220. The molecule has 6 nitrogen and oxygen atoms in total. The van der Waals surface area contributed by atoms with Crippen molar-refractivity contribution < 1.29 is 19.1 Å². The average molecular weight is 292 g/mol. The highest BCUT2D eigenvalue weighted by Gasteiger charge is 2.25. The Morgan fingerprint density at radius 3 is 2.38 bits per heavy atom. The number of carbonyl (C=O) groups is 3. The number of imide groups is 1. The fraction of sp³-hybridized carbons (Fsp3) is 0.400. The molecule has 0 aliphatic rings. The molecular formula is C15H20N2O4. The number of rotatable bonds is 6. The normalized spacial score (nSPS) is 11.3. The van der Waals surface area contributed by atoms with E-state index in [1.54, 1.807) is 37.3 Å². The lowest BCUT2D eigenvalue weighted by Crippen LogP contribution is -2.42. The van der Waals surface area contributed by atoms with Gasteiger partial charge in [-0.15, -0.1) is 0 Å². The zero-order chi connectivity index (χ0) is 15.7. The van der Waals surface area contributed by atoms with Gasteiger partial charge in [0.2, 0.25) is 6.10 Å². The smallest absolute Gasteiger partial charge is 0.321 e. The summed E-state index contributed by atoms with van der Waals surface area (Å²) in [5.74, 6) is -1.14. The predicted molar refractivity (Wildman–Crippen MR) is 77.4 cm³/mol. The lowest BCUT2D eigenvalue weighted by Gasteiger charge is -2.17. The minimum Gasteiger partial charge on any atom is -0.447 e. The van der Waals surface area contributed by atoms with Crippen LogP contribution in [-0.4, -0.2) is 24.5 Å². The molecule has 0 unspecified atom stereocenters. The lowest BCUT2D eigenvalue weighted by molar-refractivity contribution is -0.156. The Morgan fingerprint density at radius 1 is 1.14 bits per heavy atom. The number of hydrogen-bond acceptors (Lipinski definition) is 4. The van der Waals surface area contributed by atoms with Crippen LogP contribution in [0.2, 0.25) is 0 Å². The summed E-state index contributed by atoms with van der Waals surface area (Å²) >= 11 is 0. The molecule has 1 atom stereocenters. The molecule has 0 aliphatic carbocycles. The fourth-order valence-electron chi connectivity index (χ4n) is 1.68. The Morgan fingerprint density at radius 2 is 1.81 bits per heavy atom. The molecule has 0 saturated carbocycles. The van der Waals surface area contributed by atoms with E-state index in [-0.39, 0.29) is 6.42 Å². The minimum atomic E-state index is -1.13. The molecule has 0 fully saturated rings. The molecule has 1 rings (SSSR count). The van der Waals surface area contributed by atoms with E-state index >= 15 is 0 Å². The number of benzene rings is 1. The number of hydrogen-bond donors (Lipinski definition) is 2. The average Bonchev–Trinajstić information content (AvgIpc) is 2.46. The van der Waals surface area contributed by atoms with Gasteiger partial charge < -0.3 is 10.1 Å². The molecule has 2 N–H and O–H groups in total. The Balaban J connectivity index is 2.83. The molecule has 6 heteroatoms. The van der Waals surface area contributed by atoms with E-state index in [0.29, 0.717) is 18.5 Å². The predicted octanol–water partition coefficient (Wildman–Crippen LogP) is 1.92. The Kier molecular flexibility index (Phi) is 6.94. The highest BCUT2D eigenvalue weighted by atomic mass is 16.5. The second kappa shape index (κ2) is 8.73. The van der Waals surface area contributed by atoms with Crippen molar-refractivity contribution >= 4 is 17.9 Å².